The molecule has 1 heterocycles. The Morgan fingerprint density at radius 1 is 1.44 bits per heavy atom. The molecule has 1 fully saturated rings. The summed E-state index contributed by atoms with van der Waals surface area (Å²) in [6.07, 6.45) is 5.36. The topological polar surface area (TPSA) is 25.2 Å². The summed E-state index contributed by atoms with van der Waals surface area (Å²) < 4.78 is 6.50. The standard InChI is InChI=1S/C13H20BrNO/c1-9-4-3-5-10(8-9)13(15-2)11-6-7-12(14)16-11/h6-7,9-10,13,15H,3-5,8H2,1-2H3. The van der Waals surface area contributed by atoms with Crippen molar-refractivity contribution in [2.45, 2.75) is 38.6 Å². The predicted octanol–water partition coefficient (Wildman–Crippen LogP) is 4.13. The van der Waals surface area contributed by atoms with E-state index in [9.17, 15) is 0 Å². The first-order valence-electron chi connectivity index (χ1n) is 6.13. The molecule has 2 nitrogen and oxygen atoms in total. The summed E-state index contributed by atoms with van der Waals surface area (Å²) in [6.45, 7) is 2.36. The van der Waals surface area contributed by atoms with Gasteiger partial charge >= 0.3 is 0 Å². The molecule has 0 amide bonds. The molecule has 1 N–H and O–H groups in total. The predicted molar refractivity (Wildman–Crippen MR) is 69.3 cm³/mol. The van der Waals surface area contributed by atoms with E-state index in [1.807, 2.05) is 13.1 Å². The summed E-state index contributed by atoms with van der Waals surface area (Å²) in [5, 5.41) is 3.41. The van der Waals surface area contributed by atoms with Gasteiger partial charge in [0.2, 0.25) is 0 Å². The number of hydrogen-bond donors (Lipinski definition) is 1. The highest BCUT2D eigenvalue weighted by molar-refractivity contribution is 9.10. The Bertz CT molecular complexity index is 336. The second kappa shape index (κ2) is 5.37. The lowest BCUT2D eigenvalue weighted by molar-refractivity contribution is 0.211. The molecule has 16 heavy (non-hydrogen) atoms. The lowest BCUT2D eigenvalue weighted by Crippen LogP contribution is -2.28. The van der Waals surface area contributed by atoms with Crippen molar-refractivity contribution in [3.05, 3.63) is 22.6 Å². The third kappa shape index (κ3) is 2.69. The van der Waals surface area contributed by atoms with Crippen molar-refractivity contribution in [3.63, 3.8) is 0 Å². The fourth-order valence-electron chi connectivity index (χ4n) is 2.89. The van der Waals surface area contributed by atoms with Crippen LogP contribution in [0.1, 0.15) is 44.4 Å². The summed E-state index contributed by atoms with van der Waals surface area (Å²) in [5.41, 5.74) is 0. The third-order valence-corrected chi connectivity index (χ3v) is 4.09. The van der Waals surface area contributed by atoms with E-state index in [1.165, 1.54) is 25.7 Å². The molecular weight excluding hydrogens is 266 g/mol. The number of rotatable bonds is 3. The van der Waals surface area contributed by atoms with Crippen LogP contribution in [-0.2, 0) is 0 Å². The summed E-state index contributed by atoms with van der Waals surface area (Å²) in [4.78, 5) is 0. The van der Waals surface area contributed by atoms with Gasteiger partial charge in [0.1, 0.15) is 5.76 Å². The highest BCUT2D eigenvalue weighted by Gasteiger charge is 2.28. The Labute approximate surface area is 106 Å². The maximum Gasteiger partial charge on any atom is 0.169 e. The monoisotopic (exact) mass is 285 g/mol. The van der Waals surface area contributed by atoms with Crippen LogP contribution < -0.4 is 5.32 Å². The lowest BCUT2D eigenvalue weighted by atomic mass is 9.78. The van der Waals surface area contributed by atoms with Crippen LogP contribution >= 0.6 is 15.9 Å². The van der Waals surface area contributed by atoms with Crippen LogP contribution in [0, 0.1) is 11.8 Å². The molecule has 0 aromatic carbocycles. The van der Waals surface area contributed by atoms with E-state index < -0.39 is 0 Å². The van der Waals surface area contributed by atoms with Gasteiger partial charge in [0.25, 0.3) is 0 Å². The van der Waals surface area contributed by atoms with Crippen LogP contribution in [0.2, 0.25) is 0 Å². The van der Waals surface area contributed by atoms with E-state index in [0.29, 0.717) is 12.0 Å². The molecule has 1 saturated carbocycles. The average molecular weight is 286 g/mol. The van der Waals surface area contributed by atoms with Crippen LogP contribution in [0.4, 0.5) is 0 Å². The first-order chi connectivity index (χ1) is 7.70. The molecule has 1 aliphatic carbocycles. The number of hydrogen-bond acceptors (Lipinski definition) is 2. The highest BCUT2D eigenvalue weighted by Crippen LogP contribution is 2.37. The van der Waals surface area contributed by atoms with E-state index >= 15 is 0 Å². The van der Waals surface area contributed by atoms with Crippen molar-refractivity contribution < 1.29 is 4.42 Å². The molecule has 90 valence electrons. The Balaban J connectivity index is 2.09. The van der Waals surface area contributed by atoms with Crippen LogP contribution in [0.15, 0.2) is 21.2 Å². The summed E-state index contributed by atoms with van der Waals surface area (Å²) >= 11 is 3.37. The normalized spacial score (nSPS) is 27.9. The van der Waals surface area contributed by atoms with Crippen molar-refractivity contribution in [3.8, 4) is 0 Å². The summed E-state index contributed by atoms with van der Waals surface area (Å²) in [7, 11) is 2.03. The van der Waals surface area contributed by atoms with Gasteiger partial charge in [-0.2, -0.15) is 0 Å². The van der Waals surface area contributed by atoms with Gasteiger partial charge in [-0.3, -0.25) is 0 Å². The zero-order chi connectivity index (χ0) is 11.5. The first kappa shape index (κ1) is 12.2. The van der Waals surface area contributed by atoms with Gasteiger partial charge < -0.3 is 9.73 Å². The zero-order valence-electron chi connectivity index (χ0n) is 10.0. The SMILES string of the molecule is CNC(c1ccc(Br)o1)C1CCCC(C)C1. The van der Waals surface area contributed by atoms with Crippen molar-refractivity contribution in [2.24, 2.45) is 11.8 Å². The van der Waals surface area contributed by atoms with Crippen LogP contribution in [0.5, 0.6) is 0 Å². The largest absolute Gasteiger partial charge is 0.453 e. The quantitative estimate of drug-likeness (QED) is 0.903. The van der Waals surface area contributed by atoms with E-state index in [1.54, 1.807) is 0 Å². The summed E-state index contributed by atoms with van der Waals surface area (Å²) in [5.74, 6) is 2.63. The minimum Gasteiger partial charge on any atom is -0.453 e. The first-order valence-corrected chi connectivity index (χ1v) is 6.92. The fourth-order valence-corrected chi connectivity index (χ4v) is 3.21. The van der Waals surface area contributed by atoms with E-state index in [2.05, 4.69) is 34.2 Å². The van der Waals surface area contributed by atoms with Gasteiger partial charge in [-0.1, -0.05) is 19.8 Å². The Morgan fingerprint density at radius 3 is 2.81 bits per heavy atom. The molecule has 1 aromatic heterocycles. The molecule has 3 atom stereocenters. The smallest absolute Gasteiger partial charge is 0.169 e. The van der Waals surface area contributed by atoms with Crippen molar-refractivity contribution in [1.82, 2.24) is 5.32 Å². The van der Waals surface area contributed by atoms with Gasteiger partial charge in [-0.15, -0.1) is 0 Å². The van der Waals surface area contributed by atoms with E-state index in [0.717, 1.165) is 16.3 Å². The van der Waals surface area contributed by atoms with E-state index in [-0.39, 0.29) is 0 Å². The molecule has 0 aliphatic heterocycles. The molecule has 0 radical (unpaired) electrons. The minimum absolute atomic E-state index is 0.369. The highest BCUT2D eigenvalue weighted by atomic mass is 79.9. The molecule has 1 aromatic rings. The van der Waals surface area contributed by atoms with Gasteiger partial charge in [0, 0.05) is 0 Å². The Morgan fingerprint density at radius 2 is 2.25 bits per heavy atom. The molecule has 0 saturated heterocycles. The lowest BCUT2D eigenvalue weighted by Gasteiger charge is -2.32. The second-order valence-corrected chi connectivity index (χ2v) is 5.72. The molecular formula is C13H20BrNO. The van der Waals surface area contributed by atoms with Crippen LogP contribution in [-0.4, -0.2) is 7.05 Å². The van der Waals surface area contributed by atoms with Gasteiger partial charge in [-0.25, -0.2) is 0 Å². The van der Waals surface area contributed by atoms with E-state index in [4.69, 9.17) is 4.42 Å². The van der Waals surface area contributed by atoms with Gasteiger partial charge in [-0.05, 0) is 59.8 Å². The fraction of sp³-hybridized carbons (Fsp3) is 0.692. The third-order valence-electron chi connectivity index (χ3n) is 3.66. The Hall–Kier alpha value is -0.280. The second-order valence-electron chi connectivity index (χ2n) is 4.94. The number of nitrogens with one attached hydrogen (secondary N) is 1. The molecule has 0 spiro atoms. The van der Waals surface area contributed by atoms with Crippen LogP contribution in [0.25, 0.3) is 0 Å². The zero-order valence-corrected chi connectivity index (χ0v) is 11.6. The average Bonchev–Trinajstić information content (AvgIpc) is 2.66. The van der Waals surface area contributed by atoms with Gasteiger partial charge in [0.15, 0.2) is 4.67 Å². The number of halogens is 1. The van der Waals surface area contributed by atoms with Crippen molar-refractivity contribution in [2.75, 3.05) is 7.05 Å². The molecule has 1 aliphatic rings. The molecule has 2 rings (SSSR count). The minimum atomic E-state index is 0.369. The maximum atomic E-state index is 5.68. The van der Waals surface area contributed by atoms with Crippen LogP contribution in [0.3, 0.4) is 0 Å². The number of furan rings is 1. The molecule has 3 unspecified atom stereocenters. The van der Waals surface area contributed by atoms with Gasteiger partial charge in [0.05, 0.1) is 6.04 Å². The maximum absolute atomic E-state index is 5.68. The summed E-state index contributed by atoms with van der Waals surface area (Å²) in [6, 6.07) is 4.42. The van der Waals surface area contributed by atoms with Crippen molar-refractivity contribution in [1.29, 1.82) is 0 Å². The Kier molecular flexibility index (Phi) is 4.09. The molecule has 0 bridgehead atoms. The van der Waals surface area contributed by atoms with Crippen molar-refractivity contribution >= 4 is 15.9 Å². The molecule has 3 heteroatoms.